The number of carbonyl (C=O) groups is 2. The Kier molecular flexibility index (Phi) is 10.8. The van der Waals surface area contributed by atoms with Crippen LogP contribution in [0.15, 0.2) is 66.7 Å². The lowest BCUT2D eigenvalue weighted by molar-refractivity contribution is 0.102. The second kappa shape index (κ2) is 14.9. The van der Waals surface area contributed by atoms with Gasteiger partial charge in [0.05, 0.1) is 6.61 Å². The highest BCUT2D eigenvalue weighted by molar-refractivity contribution is 6.04. The number of carbonyl (C=O) groups excluding carboxylic acids is 2. The van der Waals surface area contributed by atoms with E-state index in [9.17, 15) is 9.59 Å². The monoisotopic (exact) mass is 559 g/mol. The van der Waals surface area contributed by atoms with Crippen LogP contribution < -0.4 is 36.1 Å². The van der Waals surface area contributed by atoms with Crippen molar-refractivity contribution in [1.29, 1.82) is 0 Å². The quantitative estimate of drug-likeness (QED) is 0.171. The number of nitrogens with one attached hydrogen (secondary N) is 5. The van der Waals surface area contributed by atoms with Gasteiger partial charge in [-0.1, -0.05) is 13.8 Å². The lowest BCUT2D eigenvalue weighted by Crippen LogP contribution is -2.37. The lowest BCUT2D eigenvalue weighted by atomic mass is 10.1. The molecule has 41 heavy (non-hydrogen) atoms. The Morgan fingerprint density at radius 3 is 2.15 bits per heavy atom. The molecule has 0 bridgehead atoms. The van der Waals surface area contributed by atoms with Gasteiger partial charge in [0.1, 0.15) is 5.75 Å². The number of anilines is 3. The second-order valence-electron chi connectivity index (χ2n) is 10.0. The Labute approximate surface area is 242 Å². The van der Waals surface area contributed by atoms with Crippen LogP contribution in [0.5, 0.6) is 17.2 Å². The Hall–Kier alpha value is -4.24. The van der Waals surface area contributed by atoms with Gasteiger partial charge >= 0.3 is 6.03 Å². The predicted molar refractivity (Wildman–Crippen MR) is 165 cm³/mol. The molecule has 0 atom stereocenters. The summed E-state index contributed by atoms with van der Waals surface area (Å²) in [6, 6.07) is 20.3. The number of urea groups is 1. The maximum absolute atomic E-state index is 12.8. The van der Waals surface area contributed by atoms with E-state index in [1.165, 1.54) is 0 Å². The van der Waals surface area contributed by atoms with Crippen molar-refractivity contribution < 1.29 is 19.1 Å². The topological polar surface area (TPSA) is 113 Å². The average Bonchev–Trinajstić information content (AvgIpc) is 2.99. The molecule has 0 unspecified atom stereocenters. The molecule has 0 radical (unpaired) electrons. The summed E-state index contributed by atoms with van der Waals surface area (Å²) in [4.78, 5) is 25.1. The van der Waals surface area contributed by atoms with Gasteiger partial charge < -0.3 is 36.1 Å². The van der Waals surface area contributed by atoms with Gasteiger partial charge in [-0.05, 0) is 106 Å². The molecule has 1 fully saturated rings. The summed E-state index contributed by atoms with van der Waals surface area (Å²) in [6.45, 7) is 8.47. The van der Waals surface area contributed by atoms with Crippen LogP contribution in [0.3, 0.4) is 0 Å². The fraction of sp³-hybridized carbons (Fsp3) is 0.375. The number of hydrogen-bond acceptors (Lipinski definition) is 6. The van der Waals surface area contributed by atoms with Gasteiger partial charge in [-0.3, -0.25) is 4.79 Å². The number of piperidine rings is 1. The fourth-order valence-electron chi connectivity index (χ4n) is 4.64. The molecule has 1 aliphatic rings. The summed E-state index contributed by atoms with van der Waals surface area (Å²) in [5, 5.41) is 15.7. The molecule has 9 nitrogen and oxygen atoms in total. The third-order valence-electron chi connectivity index (χ3n) is 7.02. The second-order valence-corrected chi connectivity index (χ2v) is 10.0. The molecule has 5 N–H and O–H groups in total. The van der Waals surface area contributed by atoms with Gasteiger partial charge in [0.2, 0.25) is 0 Å². The van der Waals surface area contributed by atoms with Crippen molar-refractivity contribution in [3.8, 4) is 17.2 Å². The first-order valence-corrected chi connectivity index (χ1v) is 14.5. The fourth-order valence-corrected chi connectivity index (χ4v) is 4.64. The minimum absolute atomic E-state index is 0.128. The molecule has 0 spiro atoms. The molecule has 9 heteroatoms. The molecular formula is C32H41N5O4. The van der Waals surface area contributed by atoms with Crippen molar-refractivity contribution in [3.05, 3.63) is 72.3 Å². The molecule has 3 aromatic carbocycles. The Balaban J connectivity index is 1.33. The minimum atomic E-state index is -0.253. The van der Waals surface area contributed by atoms with E-state index in [0.717, 1.165) is 44.5 Å². The molecule has 4 rings (SSSR count). The standard InChI is InChI=1S/C32H41N5O4/c1-4-23(5-2)36-32(39)37-27-13-16-29(30(21-27)40-6-3)41-28-14-11-25(12-15-28)35-31(38)22-7-9-24(10-8-22)34-26-17-19-33-20-18-26/h7-16,21,23,26,33-34H,4-6,17-20H2,1-3H3,(H,35,38)(H2,36,37,39). The first-order chi connectivity index (χ1) is 20.0. The zero-order chi connectivity index (χ0) is 29.0. The van der Waals surface area contributed by atoms with Crippen molar-refractivity contribution in [3.63, 3.8) is 0 Å². The smallest absolute Gasteiger partial charge is 0.319 e. The SMILES string of the molecule is CCOc1cc(NC(=O)NC(CC)CC)ccc1Oc1ccc(NC(=O)c2ccc(NC3CCNCC3)cc2)cc1. The molecule has 0 saturated carbocycles. The van der Waals surface area contributed by atoms with Crippen LogP contribution in [-0.4, -0.2) is 43.7 Å². The third-order valence-corrected chi connectivity index (χ3v) is 7.02. The van der Waals surface area contributed by atoms with Crippen LogP contribution in [0, 0.1) is 0 Å². The summed E-state index contributed by atoms with van der Waals surface area (Å²) in [7, 11) is 0. The van der Waals surface area contributed by atoms with Crippen LogP contribution in [-0.2, 0) is 0 Å². The molecule has 0 aliphatic carbocycles. The van der Waals surface area contributed by atoms with E-state index >= 15 is 0 Å². The van der Waals surface area contributed by atoms with Crippen LogP contribution in [0.25, 0.3) is 0 Å². The first kappa shape index (κ1) is 29.7. The minimum Gasteiger partial charge on any atom is -0.490 e. The number of hydrogen-bond donors (Lipinski definition) is 5. The first-order valence-electron chi connectivity index (χ1n) is 14.5. The summed E-state index contributed by atoms with van der Waals surface area (Å²) in [6.07, 6.45) is 3.92. The number of ether oxygens (including phenoxy) is 2. The molecule has 0 aromatic heterocycles. The van der Waals surface area contributed by atoms with E-state index in [1.807, 2.05) is 45.0 Å². The summed E-state index contributed by atoms with van der Waals surface area (Å²) >= 11 is 0. The Morgan fingerprint density at radius 2 is 1.49 bits per heavy atom. The van der Waals surface area contributed by atoms with Gasteiger partial charge in [-0.15, -0.1) is 0 Å². The maximum Gasteiger partial charge on any atom is 0.319 e. The molecule has 218 valence electrons. The molecule has 1 saturated heterocycles. The van der Waals surface area contributed by atoms with Gasteiger partial charge in [-0.2, -0.15) is 0 Å². The van der Waals surface area contributed by atoms with Crippen molar-refractivity contribution in [1.82, 2.24) is 10.6 Å². The van der Waals surface area contributed by atoms with E-state index in [1.54, 1.807) is 42.5 Å². The van der Waals surface area contributed by atoms with Crippen LogP contribution in [0.4, 0.5) is 21.9 Å². The van der Waals surface area contributed by atoms with Crippen molar-refractivity contribution in [2.75, 3.05) is 35.6 Å². The van der Waals surface area contributed by atoms with E-state index in [-0.39, 0.29) is 18.0 Å². The van der Waals surface area contributed by atoms with Crippen LogP contribution in [0.1, 0.15) is 56.8 Å². The molecule has 1 heterocycles. The van der Waals surface area contributed by atoms with Crippen LogP contribution >= 0.6 is 0 Å². The van der Waals surface area contributed by atoms with Gasteiger partial charge in [-0.25, -0.2) is 4.79 Å². The van der Waals surface area contributed by atoms with E-state index in [2.05, 4.69) is 26.6 Å². The highest BCUT2D eigenvalue weighted by Crippen LogP contribution is 2.34. The van der Waals surface area contributed by atoms with Crippen LogP contribution in [0.2, 0.25) is 0 Å². The normalized spacial score (nSPS) is 13.4. The number of benzene rings is 3. The van der Waals surface area contributed by atoms with Gasteiger partial charge in [0.25, 0.3) is 5.91 Å². The summed E-state index contributed by atoms with van der Waals surface area (Å²) < 4.78 is 11.8. The zero-order valence-corrected chi connectivity index (χ0v) is 24.1. The Bertz CT molecular complexity index is 1270. The zero-order valence-electron chi connectivity index (χ0n) is 24.1. The highest BCUT2D eigenvalue weighted by Gasteiger charge is 2.14. The van der Waals surface area contributed by atoms with Crippen molar-refractivity contribution in [2.45, 2.75) is 58.5 Å². The van der Waals surface area contributed by atoms with Crippen molar-refractivity contribution >= 4 is 29.0 Å². The predicted octanol–water partition coefficient (Wildman–Crippen LogP) is 6.60. The average molecular weight is 560 g/mol. The number of rotatable bonds is 12. The van der Waals surface area contributed by atoms with E-state index in [0.29, 0.717) is 46.8 Å². The highest BCUT2D eigenvalue weighted by atomic mass is 16.5. The van der Waals surface area contributed by atoms with Crippen molar-refractivity contribution in [2.24, 2.45) is 0 Å². The van der Waals surface area contributed by atoms with E-state index < -0.39 is 0 Å². The lowest BCUT2D eigenvalue weighted by Gasteiger charge is -2.24. The molecule has 3 aromatic rings. The maximum atomic E-state index is 12.8. The third kappa shape index (κ3) is 8.88. The van der Waals surface area contributed by atoms with Gasteiger partial charge in [0.15, 0.2) is 11.5 Å². The number of amides is 3. The van der Waals surface area contributed by atoms with E-state index in [4.69, 9.17) is 9.47 Å². The molecule has 1 aliphatic heterocycles. The Morgan fingerprint density at radius 1 is 0.829 bits per heavy atom. The largest absolute Gasteiger partial charge is 0.490 e. The summed E-state index contributed by atoms with van der Waals surface area (Å²) in [5.41, 5.74) is 2.88. The molecule has 3 amide bonds. The summed E-state index contributed by atoms with van der Waals surface area (Å²) in [5.74, 6) is 1.45. The van der Waals surface area contributed by atoms with Gasteiger partial charge in [0, 0.05) is 40.8 Å². The molecular weight excluding hydrogens is 518 g/mol.